The van der Waals surface area contributed by atoms with Crippen molar-refractivity contribution in [2.24, 2.45) is 0 Å². The summed E-state index contributed by atoms with van der Waals surface area (Å²) >= 11 is 0. The maximum absolute atomic E-state index is 11.9. The second kappa shape index (κ2) is 10.00. The summed E-state index contributed by atoms with van der Waals surface area (Å²) < 4.78 is 30.6. The molecule has 4 aromatic rings. The van der Waals surface area contributed by atoms with Crippen molar-refractivity contribution in [3.63, 3.8) is 0 Å². The Kier molecular flexibility index (Phi) is 6.75. The Balaban J connectivity index is 1.52. The van der Waals surface area contributed by atoms with E-state index >= 15 is 0 Å². The number of anilines is 2. The van der Waals surface area contributed by atoms with E-state index in [1.807, 2.05) is 25.3 Å². The number of aryl methyl sites for hydroxylation is 1. The zero-order chi connectivity index (χ0) is 26.2. The van der Waals surface area contributed by atoms with Crippen LogP contribution in [0.4, 0.5) is 11.5 Å². The molecule has 1 atom stereocenters. The fourth-order valence-electron chi connectivity index (χ4n) is 4.51. The Morgan fingerprint density at radius 2 is 1.95 bits per heavy atom. The predicted molar refractivity (Wildman–Crippen MR) is 139 cm³/mol. The summed E-state index contributed by atoms with van der Waals surface area (Å²) in [5.74, 6) is 1.88. The van der Waals surface area contributed by atoms with Gasteiger partial charge in [0.2, 0.25) is 10.0 Å². The fraction of sp³-hybridized carbons (Fsp3) is 0.375. The van der Waals surface area contributed by atoms with Gasteiger partial charge in [-0.3, -0.25) is 4.90 Å². The highest BCUT2D eigenvalue weighted by Gasteiger charge is 2.27. The first-order valence-corrected chi connectivity index (χ1v) is 13.8. The van der Waals surface area contributed by atoms with Gasteiger partial charge in [0.1, 0.15) is 28.5 Å². The van der Waals surface area contributed by atoms with Gasteiger partial charge in [-0.15, -0.1) is 0 Å². The first-order chi connectivity index (χ1) is 17.7. The Labute approximate surface area is 215 Å². The topological polar surface area (TPSA) is 143 Å². The van der Waals surface area contributed by atoms with E-state index in [-0.39, 0.29) is 6.04 Å². The molecule has 4 aromatic heterocycles. The molecule has 5 heterocycles. The lowest BCUT2D eigenvalue weighted by Crippen LogP contribution is -2.48. The lowest BCUT2D eigenvalue weighted by molar-refractivity contribution is -0.392. The van der Waals surface area contributed by atoms with Crippen molar-refractivity contribution in [2.45, 2.75) is 19.9 Å². The van der Waals surface area contributed by atoms with Crippen molar-refractivity contribution in [2.75, 3.05) is 44.9 Å². The molecular weight excluding hydrogens is 494 g/mol. The molecule has 0 aromatic carbocycles. The average molecular weight is 525 g/mol. The largest absolute Gasteiger partial charge is 0.448 e. The van der Waals surface area contributed by atoms with Gasteiger partial charge in [-0.05, 0) is 31.5 Å². The highest BCUT2D eigenvalue weighted by molar-refractivity contribution is 7.88. The molecule has 5 rings (SSSR count). The lowest BCUT2D eigenvalue weighted by atomic mass is 10.0. The van der Waals surface area contributed by atoms with Gasteiger partial charge in [0.15, 0.2) is 11.8 Å². The lowest BCUT2D eigenvalue weighted by Gasteiger charge is -2.37. The number of aromatic amines is 2. The number of H-pyrrole nitrogens is 2. The molecule has 1 fully saturated rings. The van der Waals surface area contributed by atoms with Gasteiger partial charge in [0.05, 0.1) is 25.8 Å². The maximum atomic E-state index is 11.9. The molecule has 194 valence electrons. The molecule has 37 heavy (non-hydrogen) atoms. The van der Waals surface area contributed by atoms with Gasteiger partial charge in [-0.25, -0.2) is 28.4 Å². The van der Waals surface area contributed by atoms with Crippen molar-refractivity contribution in [1.29, 1.82) is 0 Å². The number of nitrogens with one attached hydrogen (secondary N) is 3. The molecule has 0 saturated carbocycles. The van der Waals surface area contributed by atoms with Crippen molar-refractivity contribution >= 4 is 32.7 Å². The number of ether oxygens (including phenoxy) is 1. The summed E-state index contributed by atoms with van der Waals surface area (Å²) in [6.45, 7) is 6.17. The Morgan fingerprint density at radius 1 is 1.16 bits per heavy atom. The van der Waals surface area contributed by atoms with Crippen LogP contribution in [0, 0.1) is 6.92 Å². The number of methoxy groups -OCH3 is 1. The third-order valence-electron chi connectivity index (χ3n) is 6.60. The highest BCUT2D eigenvalue weighted by Crippen LogP contribution is 2.34. The van der Waals surface area contributed by atoms with Gasteiger partial charge >= 0.3 is 5.88 Å². The number of piperazine rings is 1. The minimum absolute atomic E-state index is 0.0246. The number of nitrogens with zero attached hydrogens (tertiary/aromatic N) is 6. The van der Waals surface area contributed by atoms with E-state index in [9.17, 15) is 8.42 Å². The standard InChI is InChI=1S/C24H29N9O3S/c1-15(32-7-9-33(10-8-32)37(4,34)35)17-11-19(21-22-24(28-14-27-22)30-16(2)29-21)23(26-12-17)31-18-5-6-20(36-3)25-13-18/h5-6,11-15H,7-10H2,1-4H3,(H,26,31)(H,27,28,29,30)/p+1. The van der Waals surface area contributed by atoms with Crippen molar-refractivity contribution < 1.29 is 18.1 Å². The third kappa shape index (κ3) is 5.24. The van der Waals surface area contributed by atoms with E-state index < -0.39 is 10.0 Å². The van der Waals surface area contributed by atoms with Gasteiger partial charge in [0.25, 0.3) is 0 Å². The van der Waals surface area contributed by atoms with Gasteiger partial charge in [-0.1, -0.05) is 0 Å². The van der Waals surface area contributed by atoms with Crippen LogP contribution in [0.15, 0.2) is 36.9 Å². The van der Waals surface area contributed by atoms with Crippen molar-refractivity contribution in [3.8, 4) is 17.1 Å². The fourth-order valence-corrected chi connectivity index (χ4v) is 5.34. The molecule has 12 nitrogen and oxygen atoms in total. The van der Waals surface area contributed by atoms with Crippen LogP contribution in [-0.4, -0.2) is 82.1 Å². The van der Waals surface area contributed by atoms with Crippen LogP contribution >= 0.6 is 0 Å². The van der Waals surface area contributed by atoms with E-state index in [2.05, 4.69) is 43.1 Å². The molecule has 1 unspecified atom stereocenters. The zero-order valence-electron chi connectivity index (χ0n) is 21.2. The molecule has 1 aliphatic rings. The molecule has 0 amide bonds. The number of rotatable bonds is 7. The van der Waals surface area contributed by atoms with Crippen molar-refractivity contribution in [1.82, 2.24) is 34.1 Å². The van der Waals surface area contributed by atoms with E-state index in [1.54, 1.807) is 19.6 Å². The Bertz CT molecular complexity index is 1510. The minimum Gasteiger partial charge on any atom is -0.448 e. The molecule has 0 spiro atoms. The van der Waals surface area contributed by atoms with Crippen LogP contribution in [0.3, 0.4) is 0 Å². The molecule has 3 N–H and O–H groups in total. The molecule has 1 saturated heterocycles. The smallest absolute Gasteiger partial charge is 0.365 e. The molecule has 13 heteroatoms. The zero-order valence-corrected chi connectivity index (χ0v) is 22.0. The van der Waals surface area contributed by atoms with E-state index in [0.29, 0.717) is 55.0 Å². The van der Waals surface area contributed by atoms with Crippen LogP contribution in [-0.2, 0) is 10.0 Å². The molecular formula is C24H30N9O3S+. The number of hydrogen-bond donors (Lipinski definition) is 2. The number of fused-ring (bicyclic) bond motifs is 1. The second-order valence-corrected chi connectivity index (χ2v) is 11.0. The Hall–Kier alpha value is -3.68. The highest BCUT2D eigenvalue weighted by atomic mass is 32.2. The minimum atomic E-state index is -3.19. The first-order valence-electron chi connectivity index (χ1n) is 11.9. The van der Waals surface area contributed by atoms with Crippen LogP contribution in [0.1, 0.15) is 24.4 Å². The number of pyridine rings is 2. The molecule has 1 aliphatic heterocycles. The third-order valence-corrected chi connectivity index (χ3v) is 7.90. The first kappa shape index (κ1) is 25.0. The molecule has 0 bridgehead atoms. The summed E-state index contributed by atoms with van der Waals surface area (Å²) in [5.41, 5.74) is 4.61. The number of aromatic nitrogens is 6. The average Bonchev–Trinajstić information content (AvgIpc) is 3.36. The number of hydrogen-bond acceptors (Lipinski definition) is 9. The summed E-state index contributed by atoms with van der Waals surface area (Å²) in [6, 6.07) is 5.83. The van der Waals surface area contributed by atoms with Gasteiger partial charge in [0, 0.05) is 44.0 Å². The van der Waals surface area contributed by atoms with Crippen LogP contribution in [0.25, 0.3) is 22.4 Å². The van der Waals surface area contributed by atoms with E-state index in [0.717, 1.165) is 22.3 Å². The monoisotopic (exact) mass is 524 g/mol. The number of imidazole rings is 1. The maximum Gasteiger partial charge on any atom is 0.365 e. The van der Waals surface area contributed by atoms with Crippen LogP contribution in [0.5, 0.6) is 5.88 Å². The summed E-state index contributed by atoms with van der Waals surface area (Å²) in [4.78, 5) is 26.8. The van der Waals surface area contributed by atoms with Gasteiger partial charge < -0.3 is 15.0 Å². The molecule has 0 aliphatic carbocycles. The summed E-state index contributed by atoms with van der Waals surface area (Å²) in [6.07, 6.45) is 6.52. The van der Waals surface area contributed by atoms with Gasteiger partial charge in [-0.2, -0.15) is 9.29 Å². The normalized spacial score (nSPS) is 16.1. The second-order valence-electron chi connectivity index (χ2n) is 9.03. The molecule has 0 radical (unpaired) electrons. The van der Waals surface area contributed by atoms with E-state index in [4.69, 9.17) is 14.7 Å². The SMILES string of the molecule is COc1ccc(Nc2ncc(C(C)N3CCN(S(C)(=O)=O)CC3)cc2-c2nc(C)nc3nc[nH]c23)c[nH+]1. The number of sulfonamides is 1. The Morgan fingerprint density at radius 3 is 2.62 bits per heavy atom. The quantitative estimate of drug-likeness (QED) is 0.371. The van der Waals surface area contributed by atoms with Crippen molar-refractivity contribution in [3.05, 3.63) is 48.3 Å². The van der Waals surface area contributed by atoms with E-state index in [1.165, 1.54) is 10.6 Å². The summed E-state index contributed by atoms with van der Waals surface area (Å²) in [7, 11) is -1.59. The summed E-state index contributed by atoms with van der Waals surface area (Å²) in [5, 5.41) is 3.39. The van der Waals surface area contributed by atoms with Crippen LogP contribution < -0.4 is 15.0 Å². The van der Waals surface area contributed by atoms with Crippen LogP contribution in [0.2, 0.25) is 0 Å². The predicted octanol–water partition coefficient (Wildman–Crippen LogP) is 1.93.